The Hall–Kier alpha value is -1.42. The van der Waals surface area contributed by atoms with Gasteiger partial charge in [0.1, 0.15) is 0 Å². The van der Waals surface area contributed by atoms with Crippen molar-refractivity contribution in [3.05, 3.63) is 5.01 Å². The van der Waals surface area contributed by atoms with Crippen molar-refractivity contribution in [3.8, 4) is 0 Å². The highest BCUT2D eigenvalue weighted by molar-refractivity contribution is 7.15. The summed E-state index contributed by atoms with van der Waals surface area (Å²) in [4.78, 5) is 12.7. The van der Waals surface area contributed by atoms with E-state index in [0.717, 1.165) is 0 Å². The van der Waals surface area contributed by atoms with Gasteiger partial charge in [0.2, 0.25) is 10.1 Å². The lowest BCUT2D eigenvalue weighted by atomic mass is 9.93. The summed E-state index contributed by atoms with van der Waals surface area (Å²) in [5, 5.41) is 14.9. The summed E-state index contributed by atoms with van der Waals surface area (Å²) in [6.07, 6.45) is -4.78. The summed E-state index contributed by atoms with van der Waals surface area (Å²) in [7, 11) is 0. The van der Waals surface area contributed by atoms with E-state index < -0.39 is 23.1 Å². The fourth-order valence-corrected chi connectivity index (χ4v) is 3.31. The number of carboxylic acid groups (broad SMARTS) is 1. The number of fused-ring (bicyclic) bond motifs is 1. The zero-order valence-electron chi connectivity index (χ0n) is 10.0. The second-order valence-electron chi connectivity index (χ2n) is 4.77. The number of aromatic nitrogens is 2. The van der Waals surface area contributed by atoms with Gasteiger partial charge in [0.25, 0.3) is 0 Å². The van der Waals surface area contributed by atoms with Crippen LogP contribution in [0.4, 0.5) is 18.3 Å². The molecule has 1 aromatic heterocycles. The minimum absolute atomic E-state index is 0.152. The Labute approximate surface area is 115 Å². The lowest BCUT2D eigenvalue weighted by Gasteiger charge is -2.16. The molecule has 2 aliphatic heterocycles. The average Bonchev–Trinajstić information content (AvgIpc) is 3.01. The molecule has 10 heteroatoms. The highest BCUT2D eigenvalue weighted by Gasteiger charge is 2.48. The second kappa shape index (κ2) is 4.55. The molecule has 0 radical (unpaired) electrons. The lowest BCUT2D eigenvalue weighted by molar-refractivity contribution is -0.142. The number of nitrogens with zero attached hydrogens (tertiary/aromatic N) is 3. The van der Waals surface area contributed by atoms with Crippen LogP contribution in [0, 0.1) is 11.8 Å². The highest BCUT2D eigenvalue weighted by Crippen LogP contribution is 2.39. The first kappa shape index (κ1) is 13.6. The van der Waals surface area contributed by atoms with Crippen molar-refractivity contribution < 1.29 is 27.8 Å². The Morgan fingerprint density at radius 2 is 2.15 bits per heavy atom. The zero-order valence-corrected chi connectivity index (χ0v) is 10.8. The van der Waals surface area contributed by atoms with Crippen molar-refractivity contribution in [2.24, 2.45) is 11.8 Å². The van der Waals surface area contributed by atoms with Crippen molar-refractivity contribution in [1.29, 1.82) is 0 Å². The average molecular weight is 309 g/mol. The van der Waals surface area contributed by atoms with Crippen molar-refractivity contribution in [2.75, 3.05) is 24.6 Å². The third kappa shape index (κ3) is 2.22. The molecular formula is C10H10F3N3O3S. The number of rotatable bonds is 2. The standard InChI is InChI=1S/C10H10F3N3O3S/c11-10(12,13)8-14-15-9(20-8)16-1-4-5(7(17)18)3-19-6(4)2-16/h4-6H,1-3H2,(H,17,18)/t4-,5-,6-/m1/s1. The predicted octanol–water partition coefficient (Wildman–Crippen LogP) is 1.09. The van der Waals surface area contributed by atoms with Crippen molar-refractivity contribution in [2.45, 2.75) is 12.3 Å². The zero-order chi connectivity index (χ0) is 14.5. The molecule has 3 rings (SSSR count). The Balaban J connectivity index is 1.75. The van der Waals surface area contributed by atoms with Crippen LogP contribution in [0.2, 0.25) is 0 Å². The van der Waals surface area contributed by atoms with E-state index in [2.05, 4.69) is 10.2 Å². The molecule has 0 unspecified atom stereocenters. The molecule has 20 heavy (non-hydrogen) atoms. The third-order valence-corrected chi connectivity index (χ3v) is 4.59. The van der Waals surface area contributed by atoms with Gasteiger partial charge < -0.3 is 14.7 Å². The van der Waals surface area contributed by atoms with Gasteiger partial charge in [0, 0.05) is 19.0 Å². The van der Waals surface area contributed by atoms with E-state index in [1.807, 2.05) is 0 Å². The first-order valence-corrected chi connectivity index (χ1v) is 6.68. The summed E-state index contributed by atoms with van der Waals surface area (Å²) >= 11 is 0.461. The predicted molar refractivity (Wildman–Crippen MR) is 61.5 cm³/mol. The van der Waals surface area contributed by atoms with Crippen molar-refractivity contribution >= 4 is 22.4 Å². The van der Waals surface area contributed by atoms with Gasteiger partial charge in [-0.25, -0.2) is 0 Å². The van der Waals surface area contributed by atoms with Crippen LogP contribution in [-0.4, -0.2) is 47.1 Å². The normalized spacial score (nSPS) is 29.8. The number of halogens is 3. The van der Waals surface area contributed by atoms with E-state index in [-0.39, 0.29) is 23.8 Å². The molecule has 1 aromatic rings. The molecular weight excluding hydrogens is 299 g/mol. The number of alkyl halides is 3. The lowest BCUT2D eigenvalue weighted by Crippen LogP contribution is -2.27. The summed E-state index contributed by atoms with van der Waals surface area (Å²) in [5.41, 5.74) is 0. The number of hydrogen-bond acceptors (Lipinski definition) is 6. The topological polar surface area (TPSA) is 75.6 Å². The number of carboxylic acids is 1. The molecule has 3 atom stereocenters. The van der Waals surface area contributed by atoms with Crippen molar-refractivity contribution in [3.63, 3.8) is 0 Å². The monoisotopic (exact) mass is 309 g/mol. The third-order valence-electron chi connectivity index (χ3n) is 3.56. The second-order valence-corrected chi connectivity index (χ2v) is 5.73. The molecule has 0 spiro atoms. The number of anilines is 1. The van der Waals surface area contributed by atoms with Crippen LogP contribution in [0.25, 0.3) is 0 Å². The summed E-state index contributed by atoms with van der Waals surface area (Å²) in [6, 6.07) is 0. The highest BCUT2D eigenvalue weighted by atomic mass is 32.1. The van der Waals surface area contributed by atoms with E-state index in [1.165, 1.54) is 0 Å². The smallest absolute Gasteiger partial charge is 0.445 e. The Kier molecular flexibility index (Phi) is 3.09. The van der Waals surface area contributed by atoms with Crippen LogP contribution in [-0.2, 0) is 15.7 Å². The maximum Gasteiger partial charge on any atom is 0.445 e. The molecule has 2 aliphatic rings. The Bertz CT molecular complexity index is 535. The molecule has 3 heterocycles. The fraction of sp³-hybridized carbons (Fsp3) is 0.700. The number of hydrogen-bond donors (Lipinski definition) is 1. The maximum atomic E-state index is 12.5. The number of ether oxygens (including phenoxy) is 1. The molecule has 2 fully saturated rings. The molecule has 1 N–H and O–H groups in total. The quantitative estimate of drug-likeness (QED) is 0.881. The van der Waals surface area contributed by atoms with Gasteiger partial charge in [-0.15, -0.1) is 10.2 Å². The summed E-state index contributed by atoms with van der Waals surface area (Å²) < 4.78 is 42.8. The Morgan fingerprint density at radius 3 is 2.75 bits per heavy atom. The van der Waals surface area contributed by atoms with Gasteiger partial charge in [-0.05, 0) is 0 Å². The number of carbonyl (C=O) groups is 1. The van der Waals surface area contributed by atoms with Crippen LogP contribution in [0.3, 0.4) is 0 Å². The van der Waals surface area contributed by atoms with E-state index in [9.17, 15) is 18.0 Å². The number of aliphatic carboxylic acids is 1. The van der Waals surface area contributed by atoms with Crippen LogP contribution in [0.1, 0.15) is 5.01 Å². The molecule has 2 saturated heterocycles. The maximum absolute atomic E-state index is 12.5. The summed E-state index contributed by atoms with van der Waals surface area (Å²) in [5.74, 6) is -1.77. The van der Waals surface area contributed by atoms with E-state index in [4.69, 9.17) is 9.84 Å². The van der Waals surface area contributed by atoms with Gasteiger partial charge in [0.05, 0.1) is 18.6 Å². The molecule has 0 saturated carbocycles. The molecule has 0 bridgehead atoms. The van der Waals surface area contributed by atoms with Crippen molar-refractivity contribution in [1.82, 2.24) is 10.2 Å². The van der Waals surface area contributed by atoms with Gasteiger partial charge in [0.15, 0.2) is 0 Å². The minimum atomic E-state index is -4.51. The first-order valence-electron chi connectivity index (χ1n) is 5.86. The van der Waals surface area contributed by atoms with E-state index in [0.29, 0.717) is 24.4 Å². The molecule has 110 valence electrons. The van der Waals surface area contributed by atoms with E-state index >= 15 is 0 Å². The van der Waals surface area contributed by atoms with Gasteiger partial charge in [-0.3, -0.25) is 4.79 Å². The molecule has 0 aliphatic carbocycles. The Morgan fingerprint density at radius 1 is 1.40 bits per heavy atom. The molecule has 0 aromatic carbocycles. The fourth-order valence-electron chi connectivity index (χ4n) is 2.58. The molecule has 0 amide bonds. The molecule has 6 nitrogen and oxygen atoms in total. The van der Waals surface area contributed by atoms with Gasteiger partial charge in [-0.2, -0.15) is 13.2 Å². The largest absolute Gasteiger partial charge is 0.481 e. The van der Waals surface area contributed by atoms with Crippen LogP contribution < -0.4 is 4.90 Å². The SMILES string of the molecule is O=C(O)[C@@H]1CO[C@@H]2CN(c3nnc(C(F)(F)F)s3)C[C@@H]21. The summed E-state index contributed by atoms with van der Waals surface area (Å²) in [6.45, 7) is 0.831. The van der Waals surface area contributed by atoms with Gasteiger partial charge >= 0.3 is 12.1 Å². The van der Waals surface area contributed by atoms with Crippen LogP contribution >= 0.6 is 11.3 Å². The van der Waals surface area contributed by atoms with Gasteiger partial charge in [-0.1, -0.05) is 11.3 Å². The minimum Gasteiger partial charge on any atom is -0.481 e. The van der Waals surface area contributed by atoms with Crippen LogP contribution in [0.15, 0.2) is 0 Å². The first-order chi connectivity index (χ1) is 9.36. The van der Waals surface area contributed by atoms with E-state index in [1.54, 1.807) is 4.90 Å². The van der Waals surface area contributed by atoms with Crippen LogP contribution in [0.5, 0.6) is 0 Å².